The second kappa shape index (κ2) is 11.4. The third kappa shape index (κ3) is 5.88. The smallest absolute Gasteiger partial charge is 0.320 e. The summed E-state index contributed by atoms with van der Waals surface area (Å²) in [6.07, 6.45) is 1.81. The molecule has 1 saturated heterocycles. The maximum Gasteiger partial charge on any atom is 0.320 e. The zero-order valence-corrected chi connectivity index (χ0v) is 22.5. The van der Waals surface area contributed by atoms with E-state index in [0.717, 1.165) is 65.4 Å². The van der Waals surface area contributed by atoms with Crippen molar-refractivity contribution in [1.29, 1.82) is 0 Å². The number of fused-ring (bicyclic) bond motifs is 1. The number of aromatic nitrogens is 1. The number of ether oxygens (including phenoxy) is 1. The van der Waals surface area contributed by atoms with E-state index in [1.165, 1.54) is 0 Å². The fourth-order valence-electron chi connectivity index (χ4n) is 4.68. The number of carbonyl (C=O) groups is 3. The van der Waals surface area contributed by atoms with Crippen molar-refractivity contribution in [3.8, 4) is 0 Å². The Labute approximate surface area is 219 Å². The van der Waals surface area contributed by atoms with Crippen molar-refractivity contribution in [2.75, 3.05) is 57.7 Å². The molecule has 3 heterocycles. The van der Waals surface area contributed by atoms with E-state index in [1.807, 2.05) is 45.0 Å². The molecule has 1 aromatic heterocycles. The number of amides is 2. The summed E-state index contributed by atoms with van der Waals surface area (Å²) in [5.74, 6) is -0.481. The van der Waals surface area contributed by atoms with Crippen molar-refractivity contribution in [1.82, 2.24) is 20.1 Å². The summed E-state index contributed by atoms with van der Waals surface area (Å²) in [6.45, 7) is 10.8. The number of esters is 1. The summed E-state index contributed by atoms with van der Waals surface area (Å²) < 4.78 is 5.91. The third-order valence-corrected chi connectivity index (χ3v) is 7.09. The van der Waals surface area contributed by atoms with Gasteiger partial charge in [0.2, 0.25) is 0 Å². The fourth-order valence-corrected chi connectivity index (χ4v) is 5.04. The first-order chi connectivity index (χ1) is 17.3. The van der Waals surface area contributed by atoms with Crippen LogP contribution in [-0.2, 0) is 14.3 Å². The molecule has 192 valence electrons. The largest absolute Gasteiger partial charge is 0.465 e. The van der Waals surface area contributed by atoms with Gasteiger partial charge in [-0.15, -0.1) is 0 Å². The second-order valence-corrected chi connectivity index (χ2v) is 9.96. The van der Waals surface area contributed by atoms with E-state index in [-0.39, 0.29) is 17.8 Å². The van der Waals surface area contributed by atoms with Crippen molar-refractivity contribution in [2.24, 2.45) is 0 Å². The number of aryl methyl sites for hydroxylation is 1. The maximum atomic E-state index is 13.0. The first kappa shape index (κ1) is 26.1. The number of piperazine rings is 1. The molecular formula is C26H32BrN5O4. The van der Waals surface area contributed by atoms with Crippen LogP contribution in [0.25, 0.3) is 11.6 Å². The van der Waals surface area contributed by atoms with E-state index >= 15 is 0 Å². The van der Waals surface area contributed by atoms with Gasteiger partial charge in [-0.25, -0.2) is 0 Å². The zero-order chi connectivity index (χ0) is 25.8. The summed E-state index contributed by atoms with van der Waals surface area (Å²) >= 11 is 3.47. The summed E-state index contributed by atoms with van der Waals surface area (Å²) in [5.41, 5.74) is 5.08. The SMILES string of the molecule is CCOC(=O)CN1CCN(CCNC(=O)c2c(C)[nH]c(C=C3C(=O)Nc4ccc(Br)cc43)c2C)CC1. The Balaban J connectivity index is 1.34. The van der Waals surface area contributed by atoms with Crippen molar-refractivity contribution in [2.45, 2.75) is 20.8 Å². The molecule has 0 radical (unpaired) electrons. The highest BCUT2D eigenvalue weighted by Gasteiger charge is 2.26. The zero-order valence-electron chi connectivity index (χ0n) is 20.9. The topological polar surface area (TPSA) is 107 Å². The Morgan fingerprint density at radius 2 is 1.89 bits per heavy atom. The van der Waals surface area contributed by atoms with Gasteiger partial charge in [0.15, 0.2) is 0 Å². The molecule has 3 N–H and O–H groups in total. The van der Waals surface area contributed by atoms with Crippen molar-refractivity contribution in [3.63, 3.8) is 0 Å². The molecule has 1 aromatic carbocycles. The number of aromatic amines is 1. The lowest BCUT2D eigenvalue weighted by molar-refractivity contribution is -0.144. The lowest BCUT2D eigenvalue weighted by Crippen LogP contribution is -2.49. The predicted molar refractivity (Wildman–Crippen MR) is 143 cm³/mol. The van der Waals surface area contributed by atoms with Gasteiger partial charge in [-0.3, -0.25) is 24.2 Å². The van der Waals surface area contributed by atoms with Gasteiger partial charge in [-0.2, -0.15) is 0 Å². The van der Waals surface area contributed by atoms with E-state index in [9.17, 15) is 14.4 Å². The molecule has 4 rings (SSSR count). The molecule has 0 saturated carbocycles. The minimum atomic E-state index is -0.184. The monoisotopic (exact) mass is 557 g/mol. The highest BCUT2D eigenvalue weighted by molar-refractivity contribution is 9.10. The Kier molecular flexibility index (Phi) is 8.28. The average molecular weight is 558 g/mol. The molecule has 0 spiro atoms. The van der Waals surface area contributed by atoms with E-state index in [1.54, 1.807) is 0 Å². The van der Waals surface area contributed by atoms with Gasteiger partial charge >= 0.3 is 5.97 Å². The van der Waals surface area contributed by atoms with Crippen LogP contribution in [0.2, 0.25) is 0 Å². The Bertz CT molecular complexity index is 1200. The molecule has 2 aliphatic rings. The van der Waals surface area contributed by atoms with Crippen LogP contribution < -0.4 is 10.6 Å². The first-order valence-electron chi connectivity index (χ1n) is 12.2. The number of nitrogens with one attached hydrogen (secondary N) is 3. The molecule has 9 nitrogen and oxygen atoms in total. The van der Waals surface area contributed by atoms with Crippen molar-refractivity contribution in [3.05, 3.63) is 50.8 Å². The van der Waals surface area contributed by atoms with Crippen molar-refractivity contribution >= 4 is 51.1 Å². The maximum absolute atomic E-state index is 13.0. The molecule has 0 unspecified atom stereocenters. The number of halogens is 1. The van der Waals surface area contributed by atoms with Crippen LogP contribution in [0.5, 0.6) is 0 Å². The second-order valence-electron chi connectivity index (χ2n) is 9.04. The summed E-state index contributed by atoms with van der Waals surface area (Å²) in [4.78, 5) is 44.9. The lowest BCUT2D eigenvalue weighted by atomic mass is 10.0. The van der Waals surface area contributed by atoms with Gasteiger partial charge in [0.1, 0.15) is 0 Å². The highest BCUT2D eigenvalue weighted by atomic mass is 79.9. The van der Waals surface area contributed by atoms with Gasteiger partial charge in [-0.1, -0.05) is 15.9 Å². The highest BCUT2D eigenvalue weighted by Crippen LogP contribution is 2.35. The molecule has 2 aromatic rings. The number of hydrogen-bond acceptors (Lipinski definition) is 6. The molecule has 10 heteroatoms. The van der Waals surface area contributed by atoms with Crippen LogP contribution in [0.15, 0.2) is 22.7 Å². The average Bonchev–Trinajstić information content (AvgIpc) is 3.29. The first-order valence-corrected chi connectivity index (χ1v) is 13.0. The number of carbonyl (C=O) groups excluding carboxylic acids is 3. The van der Waals surface area contributed by atoms with Gasteiger partial charge in [-0.05, 0) is 50.6 Å². The molecule has 36 heavy (non-hydrogen) atoms. The lowest BCUT2D eigenvalue weighted by Gasteiger charge is -2.34. The minimum Gasteiger partial charge on any atom is -0.465 e. The Hall–Kier alpha value is -2.95. The van der Waals surface area contributed by atoms with Gasteiger partial charge in [0.05, 0.1) is 24.3 Å². The number of rotatable bonds is 8. The number of nitrogens with zero attached hydrogens (tertiary/aromatic N) is 2. The van der Waals surface area contributed by atoms with Crippen molar-refractivity contribution < 1.29 is 19.1 Å². The van der Waals surface area contributed by atoms with E-state index in [2.05, 4.69) is 41.3 Å². The Morgan fingerprint density at radius 1 is 1.17 bits per heavy atom. The minimum absolute atomic E-state index is 0.133. The number of benzene rings is 1. The standard InChI is InChI=1S/C26H32BrN5O4/c1-4-36-23(33)15-32-11-9-31(10-12-32)8-7-28-26(35)24-16(2)22(29-17(24)3)14-20-19-13-18(27)5-6-21(19)30-25(20)34/h5-6,13-14,29H,4,7-12,15H2,1-3H3,(H,28,35)(H,30,34). The predicted octanol–water partition coefficient (Wildman–Crippen LogP) is 2.80. The van der Waals surface area contributed by atoms with Crippen LogP contribution in [0.1, 0.15) is 39.8 Å². The van der Waals surface area contributed by atoms with Crippen LogP contribution in [0.4, 0.5) is 5.69 Å². The molecule has 0 atom stereocenters. The molecule has 0 aliphatic carbocycles. The molecule has 2 amide bonds. The quantitative estimate of drug-likeness (QED) is 0.340. The number of H-pyrrole nitrogens is 1. The molecule has 2 aliphatic heterocycles. The number of hydrogen-bond donors (Lipinski definition) is 3. The summed E-state index contributed by atoms with van der Waals surface area (Å²) in [7, 11) is 0. The fraction of sp³-hybridized carbons (Fsp3) is 0.423. The third-order valence-electron chi connectivity index (χ3n) is 6.59. The van der Waals surface area contributed by atoms with E-state index in [0.29, 0.717) is 30.8 Å². The molecule has 1 fully saturated rings. The van der Waals surface area contributed by atoms with Crippen LogP contribution in [0.3, 0.4) is 0 Å². The van der Waals surface area contributed by atoms with Crippen LogP contribution in [0, 0.1) is 13.8 Å². The van der Waals surface area contributed by atoms with E-state index in [4.69, 9.17) is 4.74 Å². The summed E-state index contributed by atoms with van der Waals surface area (Å²) in [6, 6.07) is 5.66. The van der Waals surface area contributed by atoms with Crippen LogP contribution in [-0.4, -0.2) is 85.0 Å². The van der Waals surface area contributed by atoms with Gasteiger partial charge in [0.25, 0.3) is 11.8 Å². The van der Waals surface area contributed by atoms with Crippen LogP contribution >= 0.6 is 15.9 Å². The molecule has 0 bridgehead atoms. The van der Waals surface area contributed by atoms with Gasteiger partial charge < -0.3 is 20.4 Å². The van der Waals surface area contributed by atoms with E-state index < -0.39 is 0 Å². The normalized spacial score (nSPS) is 17.2. The molecular weight excluding hydrogens is 526 g/mol. The summed E-state index contributed by atoms with van der Waals surface area (Å²) in [5, 5.41) is 5.92. The number of anilines is 1. The van der Waals surface area contributed by atoms with Gasteiger partial charge in [0, 0.05) is 66.4 Å². The Morgan fingerprint density at radius 3 is 2.61 bits per heavy atom.